The molecule has 0 aliphatic carbocycles. The summed E-state index contributed by atoms with van der Waals surface area (Å²) >= 11 is 0. The average Bonchev–Trinajstić information content (AvgIpc) is 2.16. The third-order valence-electron chi connectivity index (χ3n) is 3.33. The van der Waals surface area contributed by atoms with Crippen LogP contribution in [-0.2, 0) is 4.79 Å². The van der Waals surface area contributed by atoms with Gasteiger partial charge in [-0.2, -0.15) is 0 Å². The second-order valence-electron chi connectivity index (χ2n) is 4.42. The van der Waals surface area contributed by atoms with Crippen molar-refractivity contribution in [2.45, 2.75) is 31.8 Å². The van der Waals surface area contributed by atoms with Crippen LogP contribution in [0.25, 0.3) is 0 Å². The number of piperidine rings is 1. The molecule has 2 atom stereocenters. The van der Waals surface area contributed by atoms with Gasteiger partial charge in [0.2, 0.25) is 0 Å². The first-order valence-corrected chi connectivity index (χ1v) is 5.33. The van der Waals surface area contributed by atoms with Gasteiger partial charge in [0.15, 0.2) is 0 Å². The summed E-state index contributed by atoms with van der Waals surface area (Å²) < 4.78 is 0. The number of hydrogen-bond donors (Lipinski definition) is 1. The number of nitrogens with zero attached hydrogens (tertiary/aromatic N) is 2. The van der Waals surface area contributed by atoms with Crippen molar-refractivity contribution in [2.24, 2.45) is 0 Å². The predicted octanol–water partition coefficient (Wildman–Crippen LogP) is 0.402. The van der Waals surface area contributed by atoms with E-state index in [2.05, 4.69) is 4.90 Å². The Hall–Kier alpha value is -1.10. The van der Waals surface area contributed by atoms with E-state index in [0.717, 1.165) is 6.54 Å². The average molecular weight is 212 g/mol. The van der Waals surface area contributed by atoms with Crippen molar-refractivity contribution in [3.05, 3.63) is 0 Å². The zero-order chi connectivity index (χ0) is 11.0. The Labute approximate surface area is 88.6 Å². The monoisotopic (exact) mass is 212 g/mol. The largest absolute Gasteiger partial charge is 0.465 e. The highest BCUT2D eigenvalue weighted by molar-refractivity contribution is 5.80. The number of carbonyl (C=O) groups excluding carboxylic acids is 1. The molecule has 2 rings (SSSR count). The summed E-state index contributed by atoms with van der Waals surface area (Å²) in [4.78, 5) is 25.9. The fourth-order valence-electron chi connectivity index (χ4n) is 2.58. The third-order valence-corrected chi connectivity index (χ3v) is 3.33. The summed E-state index contributed by atoms with van der Waals surface area (Å²) in [5.74, 6) is 0.260. The highest BCUT2D eigenvalue weighted by Crippen LogP contribution is 2.23. The van der Waals surface area contributed by atoms with E-state index in [0.29, 0.717) is 25.9 Å². The lowest BCUT2D eigenvalue weighted by atomic mass is 9.96. The maximum atomic E-state index is 11.3. The molecule has 84 valence electrons. The maximum Gasteiger partial charge on any atom is 0.407 e. The number of fused-ring (bicyclic) bond motifs is 1. The summed E-state index contributed by atoms with van der Waals surface area (Å²) in [6.07, 6.45) is 0.252. The van der Waals surface area contributed by atoms with E-state index < -0.39 is 6.09 Å². The van der Waals surface area contributed by atoms with Crippen molar-refractivity contribution >= 4 is 11.9 Å². The van der Waals surface area contributed by atoms with Crippen molar-refractivity contribution in [1.82, 2.24) is 9.80 Å². The van der Waals surface area contributed by atoms with Crippen LogP contribution in [0.1, 0.15) is 19.8 Å². The van der Waals surface area contributed by atoms with Crippen LogP contribution in [0.15, 0.2) is 0 Å². The van der Waals surface area contributed by atoms with Crippen molar-refractivity contribution in [1.29, 1.82) is 0 Å². The molecule has 0 bridgehead atoms. The molecule has 0 aromatic rings. The Bertz CT molecular complexity index is 292. The number of ketones is 1. The molecule has 5 nitrogen and oxygen atoms in total. The van der Waals surface area contributed by atoms with Gasteiger partial charge < -0.3 is 10.0 Å². The predicted molar refractivity (Wildman–Crippen MR) is 53.8 cm³/mol. The normalized spacial score (nSPS) is 32.6. The quantitative estimate of drug-likeness (QED) is 0.631. The van der Waals surface area contributed by atoms with Crippen LogP contribution in [0.5, 0.6) is 0 Å². The Morgan fingerprint density at radius 1 is 1.47 bits per heavy atom. The van der Waals surface area contributed by atoms with Gasteiger partial charge in [0.1, 0.15) is 5.78 Å². The number of amides is 1. The smallest absolute Gasteiger partial charge is 0.407 e. The van der Waals surface area contributed by atoms with Crippen LogP contribution in [-0.4, -0.2) is 58.5 Å². The zero-order valence-corrected chi connectivity index (χ0v) is 8.85. The molecule has 2 aliphatic heterocycles. The first-order valence-electron chi connectivity index (χ1n) is 5.33. The summed E-state index contributed by atoms with van der Waals surface area (Å²) in [6, 6.07) is 0.332. The number of piperazine rings is 1. The molecule has 1 N–H and O–H groups in total. The van der Waals surface area contributed by atoms with E-state index in [1.165, 1.54) is 4.90 Å². The number of carboxylic acid groups (broad SMARTS) is 1. The second-order valence-corrected chi connectivity index (χ2v) is 4.42. The fraction of sp³-hybridized carbons (Fsp3) is 0.800. The standard InChI is InChI=1S/C10H16N2O3/c1-7-5-11(10(14)15)6-8-4-9(13)2-3-12(7)8/h7-8H,2-6H2,1H3,(H,14,15)/t7-,8?/m1/s1. The van der Waals surface area contributed by atoms with Crippen molar-refractivity contribution in [3.63, 3.8) is 0 Å². The lowest BCUT2D eigenvalue weighted by molar-refractivity contribution is -0.125. The molecule has 0 spiro atoms. The third kappa shape index (κ3) is 1.97. The van der Waals surface area contributed by atoms with Gasteiger partial charge in [0.25, 0.3) is 0 Å². The topological polar surface area (TPSA) is 60.9 Å². The van der Waals surface area contributed by atoms with Crippen LogP contribution >= 0.6 is 0 Å². The van der Waals surface area contributed by atoms with Gasteiger partial charge in [-0.3, -0.25) is 9.69 Å². The van der Waals surface area contributed by atoms with E-state index in [1.807, 2.05) is 6.92 Å². The molecule has 0 saturated carbocycles. The lowest BCUT2D eigenvalue weighted by Crippen LogP contribution is -2.61. The molecule has 0 radical (unpaired) electrons. The SMILES string of the molecule is C[C@@H]1CN(C(=O)O)CC2CC(=O)CCN21. The van der Waals surface area contributed by atoms with Crippen LogP contribution in [0.2, 0.25) is 0 Å². The maximum absolute atomic E-state index is 11.3. The minimum absolute atomic E-state index is 0.103. The first-order chi connectivity index (χ1) is 7.08. The lowest BCUT2D eigenvalue weighted by Gasteiger charge is -2.46. The number of hydrogen-bond acceptors (Lipinski definition) is 3. The van der Waals surface area contributed by atoms with Gasteiger partial charge in [-0.05, 0) is 6.92 Å². The van der Waals surface area contributed by atoms with E-state index in [9.17, 15) is 9.59 Å². The van der Waals surface area contributed by atoms with Crippen molar-refractivity contribution in [2.75, 3.05) is 19.6 Å². The fourth-order valence-corrected chi connectivity index (χ4v) is 2.58. The molecule has 2 fully saturated rings. The molecular weight excluding hydrogens is 196 g/mol. The van der Waals surface area contributed by atoms with E-state index in [1.54, 1.807) is 0 Å². The molecule has 2 saturated heterocycles. The summed E-state index contributed by atoms with van der Waals surface area (Å²) in [5, 5.41) is 8.93. The van der Waals surface area contributed by atoms with Crippen molar-refractivity contribution in [3.8, 4) is 0 Å². The molecule has 5 heteroatoms. The minimum atomic E-state index is -0.875. The number of carbonyl (C=O) groups is 2. The Kier molecular flexibility index (Phi) is 2.65. The number of rotatable bonds is 0. The van der Waals surface area contributed by atoms with Gasteiger partial charge in [-0.25, -0.2) is 4.79 Å². The van der Waals surface area contributed by atoms with E-state index >= 15 is 0 Å². The van der Waals surface area contributed by atoms with Crippen LogP contribution in [0, 0.1) is 0 Å². The van der Waals surface area contributed by atoms with E-state index in [-0.39, 0.29) is 17.9 Å². The molecule has 1 unspecified atom stereocenters. The highest BCUT2D eigenvalue weighted by atomic mass is 16.4. The molecule has 0 aromatic carbocycles. The second kappa shape index (κ2) is 3.81. The molecule has 0 aromatic heterocycles. The first kappa shape index (κ1) is 10.4. The Morgan fingerprint density at radius 3 is 2.87 bits per heavy atom. The zero-order valence-electron chi connectivity index (χ0n) is 8.85. The minimum Gasteiger partial charge on any atom is -0.465 e. The molecule has 2 heterocycles. The van der Waals surface area contributed by atoms with Crippen LogP contribution in [0.3, 0.4) is 0 Å². The Balaban J connectivity index is 2.08. The Morgan fingerprint density at radius 2 is 2.20 bits per heavy atom. The van der Waals surface area contributed by atoms with Gasteiger partial charge in [0.05, 0.1) is 0 Å². The molecule has 2 aliphatic rings. The molecule has 15 heavy (non-hydrogen) atoms. The van der Waals surface area contributed by atoms with E-state index in [4.69, 9.17) is 5.11 Å². The van der Waals surface area contributed by atoms with Gasteiger partial charge in [-0.1, -0.05) is 0 Å². The van der Waals surface area contributed by atoms with Gasteiger partial charge in [0, 0.05) is 44.6 Å². The number of Topliss-reactive ketones (excluding diaryl/α,β-unsaturated/α-hetero) is 1. The molecule has 1 amide bonds. The summed E-state index contributed by atoms with van der Waals surface area (Å²) in [6.45, 7) is 3.85. The highest BCUT2D eigenvalue weighted by Gasteiger charge is 2.37. The summed E-state index contributed by atoms with van der Waals surface area (Å²) in [5.41, 5.74) is 0. The summed E-state index contributed by atoms with van der Waals surface area (Å²) in [7, 11) is 0. The van der Waals surface area contributed by atoms with Crippen molar-refractivity contribution < 1.29 is 14.7 Å². The molecular formula is C10H16N2O3. The van der Waals surface area contributed by atoms with Crippen LogP contribution in [0.4, 0.5) is 4.79 Å². The van der Waals surface area contributed by atoms with Gasteiger partial charge in [-0.15, -0.1) is 0 Å². The van der Waals surface area contributed by atoms with Crippen LogP contribution < -0.4 is 0 Å². The van der Waals surface area contributed by atoms with Gasteiger partial charge >= 0.3 is 6.09 Å².